The first-order chi connectivity index (χ1) is 10.5. The topological polar surface area (TPSA) is 113 Å². The molecule has 0 spiro atoms. The maximum Gasteiger partial charge on any atom is 0.407 e. The number of halogens is 1. The van der Waals surface area contributed by atoms with Crippen LogP contribution in [0.1, 0.15) is 24.1 Å². The van der Waals surface area contributed by atoms with Gasteiger partial charge in [-0.15, -0.1) is 0 Å². The second kappa shape index (κ2) is 5.60. The highest BCUT2D eigenvalue weighted by atomic mass is 35.5. The van der Waals surface area contributed by atoms with E-state index in [1.807, 2.05) is 4.90 Å². The molecule has 8 nitrogen and oxygen atoms in total. The lowest BCUT2D eigenvalue weighted by Gasteiger charge is -2.31. The Labute approximate surface area is 131 Å². The molecule has 0 unspecified atom stereocenters. The molecule has 0 radical (unpaired) electrons. The summed E-state index contributed by atoms with van der Waals surface area (Å²) in [6.07, 6.45) is 1.05. The Morgan fingerprint density at radius 1 is 1.32 bits per heavy atom. The van der Waals surface area contributed by atoms with E-state index in [9.17, 15) is 9.59 Å². The fourth-order valence-electron chi connectivity index (χ4n) is 3.10. The number of fused-ring (bicyclic) bond motifs is 1. The minimum absolute atomic E-state index is 0.0520. The molecule has 1 fully saturated rings. The number of nitrogens with two attached hydrogens (primary N) is 1. The second-order valence-corrected chi connectivity index (χ2v) is 5.79. The summed E-state index contributed by atoms with van der Waals surface area (Å²) in [5.74, 6) is 0.227. The maximum absolute atomic E-state index is 11.6. The average molecular weight is 326 g/mol. The summed E-state index contributed by atoms with van der Waals surface area (Å²) in [5.41, 5.74) is 6.91. The summed E-state index contributed by atoms with van der Waals surface area (Å²) >= 11 is 5.98. The normalized spacial score (nSPS) is 20.9. The average Bonchev–Trinajstić information content (AvgIpc) is 2.95. The van der Waals surface area contributed by atoms with Gasteiger partial charge in [0.05, 0.1) is 12.2 Å². The molecule has 0 aromatic carbocycles. The molecular formula is C13H16ClN5O3. The van der Waals surface area contributed by atoms with Crippen molar-refractivity contribution in [2.75, 3.05) is 18.0 Å². The molecule has 2 aliphatic heterocycles. The number of aromatic nitrogens is 2. The van der Waals surface area contributed by atoms with E-state index in [1.54, 1.807) is 0 Å². The lowest BCUT2D eigenvalue weighted by atomic mass is 10.0. The predicted octanol–water partition coefficient (Wildman–Crippen LogP) is 0.620. The molecule has 0 saturated carbocycles. The zero-order valence-electron chi connectivity index (χ0n) is 11.8. The number of nitrogens with zero attached hydrogens (tertiary/aromatic N) is 4. The van der Waals surface area contributed by atoms with E-state index in [0.29, 0.717) is 37.4 Å². The number of rotatable bonds is 2. The van der Waals surface area contributed by atoms with Crippen molar-refractivity contribution in [3.63, 3.8) is 0 Å². The van der Waals surface area contributed by atoms with E-state index < -0.39 is 12.1 Å². The Morgan fingerprint density at radius 2 is 2.09 bits per heavy atom. The van der Waals surface area contributed by atoms with Crippen LogP contribution in [-0.4, -0.2) is 51.1 Å². The van der Waals surface area contributed by atoms with Gasteiger partial charge >= 0.3 is 6.09 Å². The van der Waals surface area contributed by atoms with Crippen LogP contribution in [0.15, 0.2) is 0 Å². The number of hydrogen-bond acceptors (Lipinski definition) is 5. The molecule has 3 rings (SSSR count). The molecule has 9 heteroatoms. The van der Waals surface area contributed by atoms with Gasteiger partial charge in [0.25, 0.3) is 0 Å². The van der Waals surface area contributed by atoms with Gasteiger partial charge in [-0.2, -0.15) is 0 Å². The monoisotopic (exact) mass is 325 g/mol. The van der Waals surface area contributed by atoms with Crippen LogP contribution in [0.3, 0.4) is 0 Å². The number of amides is 2. The Bertz CT molecular complexity index is 638. The maximum atomic E-state index is 11.6. The summed E-state index contributed by atoms with van der Waals surface area (Å²) in [6, 6.07) is -0.396. The van der Waals surface area contributed by atoms with E-state index in [0.717, 1.165) is 12.0 Å². The number of carboxylic acid groups (broad SMARTS) is 1. The third kappa shape index (κ3) is 2.54. The van der Waals surface area contributed by atoms with E-state index in [-0.39, 0.29) is 17.7 Å². The van der Waals surface area contributed by atoms with Crippen molar-refractivity contribution in [2.45, 2.75) is 31.8 Å². The van der Waals surface area contributed by atoms with Gasteiger partial charge in [-0.3, -0.25) is 4.79 Å². The van der Waals surface area contributed by atoms with Crippen LogP contribution < -0.4 is 10.6 Å². The van der Waals surface area contributed by atoms with Gasteiger partial charge in [0.2, 0.25) is 11.2 Å². The van der Waals surface area contributed by atoms with E-state index in [1.165, 1.54) is 4.90 Å². The van der Waals surface area contributed by atoms with Gasteiger partial charge in [-0.05, 0) is 30.9 Å². The summed E-state index contributed by atoms with van der Waals surface area (Å²) in [4.78, 5) is 34.3. The van der Waals surface area contributed by atoms with E-state index in [4.69, 9.17) is 22.4 Å². The second-order valence-electron chi connectivity index (χ2n) is 5.45. The Hall–Kier alpha value is -2.09. The Morgan fingerprint density at radius 3 is 2.77 bits per heavy atom. The van der Waals surface area contributed by atoms with E-state index in [2.05, 4.69) is 9.97 Å². The molecule has 0 bridgehead atoms. The first-order valence-corrected chi connectivity index (χ1v) is 7.44. The van der Waals surface area contributed by atoms with Crippen molar-refractivity contribution < 1.29 is 14.7 Å². The zero-order chi connectivity index (χ0) is 15.9. The molecule has 22 heavy (non-hydrogen) atoms. The predicted molar refractivity (Wildman–Crippen MR) is 78.7 cm³/mol. The number of carbonyl (C=O) groups is 2. The van der Waals surface area contributed by atoms with Crippen molar-refractivity contribution in [1.82, 2.24) is 14.9 Å². The van der Waals surface area contributed by atoms with Gasteiger partial charge in [-0.1, -0.05) is 0 Å². The van der Waals surface area contributed by atoms with Crippen molar-refractivity contribution in [1.29, 1.82) is 0 Å². The molecule has 1 saturated heterocycles. The first-order valence-electron chi connectivity index (χ1n) is 7.06. The van der Waals surface area contributed by atoms with Gasteiger partial charge in [-0.25, -0.2) is 14.8 Å². The molecule has 1 aromatic rings. The first kappa shape index (κ1) is 14.8. The molecule has 0 aliphatic carbocycles. The summed E-state index contributed by atoms with van der Waals surface area (Å²) in [6.45, 7) is 1.22. The minimum atomic E-state index is -0.988. The summed E-state index contributed by atoms with van der Waals surface area (Å²) < 4.78 is 0. The number of carbonyl (C=O) groups excluding carboxylic acids is 1. The highest BCUT2D eigenvalue weighted by Gasteiger charge is 2.34. The molecule has 118 valence electrons. The molecule has 1 aromatic heterocycles. The molecular weight excluding hydrogens is 310 g/mol. The fraction of sp³-hybridized carbons (Fsp3) is 0.538. The minimum Gasteiger partial charge on any atom is -0.465 e. The molecule has 3 heterocycles. The van der Waals surface area contributed by atoms with Crippen LogP contribution in [0.5, 0.6) is 0 Å². The number of anilines is 1. The Balaban J connectivity index is 2.00. The lowest BCUT2D eigenvalue weighted by molar-refractivity contribution is -0.119. The lowest BCUT2D eigenvalue weighted by Crippen LogP contribution is -2.42. The number of primary amides is 1. The van der Waals surface area contributed by atoms with Gasteiger partial charge in [0.15, 0.2) is 0 Å². The van der Waals surface area contributed by atoms with Crippen molar-refractivity contribution in [3.8, 4) is 0 Å². The van der Waals surface area contributed by atoms with Gasteiger partial charge in [0, 0.05) is 18.7 Å². The third-order valence-electron chi connectivity index (χ3n) is 4.14. The standard InChI is InChI=1S/C13H16ClN5O3/c14-12-16-8-6-18(13(21)22)5-3-7(8)11(17-12)19-4-1-2-9(19)10(15)20/h9H,1-6H2,(H2,15,20)(H,21,22)/t9-/m0/s1. The van der Waals surface area contributed by atoms with Crippen LogP contribution >= 0.6 is 11.6 Å². The van der Waals surface area contributed by atoms with Crippen LogP contribution in [0.25, 0.3) is 0 Å². The fourth-order valence-corrected chi connectivity index (χ4v) is 3.28. The van der Waals surface area contributed by atoms with Crippen LogP contribution in [0.2, 0.25) is 5.28 Å². The molecule has 2 aliphatic rings. The highest BCUT2D eigenvalue weighted by Crippen LogP contribution is 2.32. The van der Waals surface area contributed by atoms with Crippen molar-refractivity contribution in [3.05, 3.63) is 16.5 Å². The van der Waals surface area contributed by atoms with Crippen molar-refractivity contribution >= 4 is 29.4 Å². The SMILES string of the molecule is NC(=O)[C@@H]1CCCN1c1nc(Cl)nc2c1CCN(C(=O)O)C2. The molecule has 3 N–H and O–H groups in total. The quantitative estimate of drug-likeness (QED) is 0.771. The van der Waals surface area contributed by atoms with Crippen LogP contribution in [0, 0.1) is 0 Å². The van der Waals surface area contributed by atoms with Gasteiger partial charge in [0.1, 0.15) is 11.9 Å². The smallest absolute Gasteiger partial charge is 0.407 e. The van der Waals surface area contributed by atoms with E-state index >= 15 is 0 Å². The van der Waals surface area contributed by atoms with Crippen molar-refractivity contribution in [2.24, 2.45) is 5.73 Å². The molecule has 1 atom stereocenters. The van der Waals surface area contributed by atoms with Gasteiger partial charge < -0.3 is 20.6 Å². The largest absolute Gasteiger partial charge is 0.465 e. The summed E-state index contributed by atoms with van der Waals surface area (Å²) in [7, 11) is 0. The van der Waals surface area contributed by atoms with Crippen LogP contribution in [0.4, 0.5) is 10.6 Å². The Kier molecular flexibility index (Phi) is 3.78. The highest BCUT2D eigenvalue weighted by molar-refractivity contribution is 6.28. The van der Waals surface area contributed by atoms with Crippen LogP contribution in [-0.2, 0) is 17.8 Å². The molecule has 2 amide bonds. The zero-order valence-corrected chi connectivity index (χ0v) is 12.6. The third-order valence-corrected chi connectivity index (χ3v) is 4.31. The summed E-state index contributed by atoms with van der Waals surface area (Å²) in [5, 5.41) is 9.16. The number of hydrogen-bond donors (Lipinski definition) is 2.